The first-order valence-electron chi connectivity index (χ1n) is 5.27. The van der Waals surface area contributed by atoms with Crippen molar-refractivity contribution in [1.29, 1.82) is 0 Å². The average Bonchev–Trinajstić information content (AvgIpc) is 2.29. The van der Waals surface area contributed by atoms with Crippen LogP contribution in [0.2, 0.25) is 0 Å². The SMILES string of the molecule is CCOP(=O)(OCC)c1ccccc1C(=O)O. The molecule has 0 radical (unpaired) electrons. The van der Waals surface area contributed by atoms with E-state index in [1.54, 1.807) is 26.0 Å². The Bertz CT molecular complexity index is 433. The second kappa shape index (κ2) is 5.96. The fourth-order valence-electron chi connectivity index (χ4n) is 1.41. The summed E-state index contributed by atoms with van der Waals surface area (Å²) in [5, 5.41) is 9.13. The molecule has 0 fully saturated rings. The third kappa shape index (κ3) is 3.16. The highest BCUT2D eigenvalue weighted by molar-refractivity contribution is 7.62. The number of carboxylic acid groups (broad SMARTS) is 1. The molecular weight excluding hydrogens is 243 g/mol. The maximum Gasteiger partial charge on any atom is 0.362 e. The van der Waals surface area contributed by atoms with Crippen LogP contribution in [0, 0.1) is 0 Å². The molecule has 94 valence electrons. The van der Waals surface area contributed by atoms with Gasteiger partial charge in [-0.3, -0.25) is 4.57 Å². The molecule has 0 saturated heterocycles. The van der Waals surface area contributed by atoms with Crippen molar-refractivity contribution in [1.82, 2.24) is 0 Å². The highest BCUT2D eigenvalue weighted by atomic mass is 31.2. The van der Waals surface area contributed by atoms with E-state index < -0.39 is 13.6 Å². The van der Waals surface area contributed by atoms with Gasteiger partial charge < -0.3 is 14.2 Å². The van der Waals surface area contributed by atoms with Gasteiger partial charge in [-0.1, -0.05) is 12.1 Å². The molecule has 0 atom stereocenters. The summed E-state index contributed by atoms with van der Waals surface area (Å²) in [5.74, 6) is -1.15. The third-order valence-corrected chi connectivity index (χ3v) is 4.20. The van der Waals surface area contributed by atoms with Crippen LogP contribution in [0.1, 0.15) is 24.2 Å². The smallest absolute Gasteiger partial charge is 0.362 e. The normalized spacial score (nSPS) is 11.4. The molecule has 1 aromatic carbocycles. The predicted molar refractivity (Wildman–Crippen MR) is 63.9 cm³/mol. The summed E-state index contributed by atoms with van der Waals surface area (Å²) < 4.78 is 22.7. The van der Waals surface area contributed by atoms with E-state index in [1.165, 1.54) is 12.1 Å². The molecule has 0 aliphatic carbocycles. The van der Waals surface area contributed by atoms with E-state index in [1.807, 2.05) is 0 Å². The zero-order valence-electron chi connectivity index (χ0n) is 9.75. The molecule has 0 saturated carbocycles. The Hall–Kier alpha value is -1.16. The van der Waals surface area contributed by atoms with Gasteiger partial charge in [-0.05, 0) is 26.0 Å². The van der Waals surface area contributed by atoms with E-state index in [0.717, 1.165) is 0 Å². The molecule has 1 aromatic rings. The van der Waals surface area contributed by atoms with Crippen LogP contribution < -0.4 is 5.30 Å². The number of hydrogen-bond donors (Lipinski definition) is 1. The van der Waals surface area contributed by atoms with Crippen molar-refractivity contribution in [3.05, 3.63) is 29.8 Å². The molecule has 0 aliphatic rings. The van der Waals surface area contributed by atoms with E-state index in [4.69, 9.17) is 14.2 Å². The quantitative estimate of drug-likeness (QED) is 0.792. The van der Waals surface area contributed by atoms with Gasteiger partial charge in [0.05, 0.1) is 24.1 Å². The van der Waals surface area contributed by atoms with Gasteiger partial charge in [0.1, 0.15) is 0 Å². The van der Waals surface area contributed by atoms with Crippen molar-refractivity contribution < 1.29 is 23.5 Å². The Kier molecular flexibility index (Phi) is 4.87. The molecule has 17 heavy (non-hydrogen) atoms. The van der Waals surface area contributed by atoms with Gasteiger partial charge in [0, 0.05) is 0 Å². The Morgan fingerprint density at radius 1 is 1.24 bits per heavy atom. The van der Waals surface area contributed by atoms with Crippen LogP contribution in [0.5, 0.6) is 0 Å². The number of carboxylic acids is 1. The largest absolute Gasteiger partial charge is 0.478 e. The maximum absolute atomic E-state index is 12.4. The lowest BCUT2D eigenvalue weighted by Gasteiger charge is -2.18. The summed E-state index contributed by atoms with van der Waals surface area (Å²) in [6, 6.07) is 6.00. The summed E-state index contributed by atoms with van der Waals surface area (Å²) in [5.41, 5.74) is -0.0577. The molecule has 1 N–H and O–H groups in total. The van der Waals surface area contributed by atoms with Gasteiger partial charge >= 0.3 is 13.6 Å². The van der Waals surface area contributed by atoms with E-state index >= 15 is 0 Å². The maximum atomic E-state index is 12.4. The summed E-state index contributed by atoms with van der Waals surface area (Å²) >= 11 is 0. The van der Waals surface area contributed by atoms with Crippen molar-refractivity contribution in [2.24, 2.45) is 0 Å². The number of rotatable bonds is 6. The fraction of sp³-hybridized carbons (Fsp3) is 0.364. The van der Waals surface area contributed by atoms with Crippen molar-refractivity contribution in [3.8, 4) is 0 Å². The molecule has 0 aromatic heterocycles. The molecular formula is C11H15O5P. The summed E-state index contributed by atoms with van der Waals surface area (Å²) in [7, 11) is -3.54. The first-order valence-corrected chi connectivity index (χ1v) is 6.81. The second-order valence-corrected chi connectivity index (χ2v) is 5.15. The molecule has 5 nitrogen and oxygen atoms in total. The Labute approximate surface area is 99.9 Å². The van der Waals surface area contributed by atoms with Gasteiger partial charge in [-0.2, -0.15) is 0 Å². The molecule has 0 unspecified atom stereocenters. The fourth-order valence-corrected chi connectivity index (χ4v) is 3.18. The van der Waals surface area contributed by atoms with Gasteiger partial charge in [0.2, 0.25) is 0 Å². The van der Waals surface area contributed by atoms with E-state index in [9.17, 15) is 9.36 Å². The minimum Gasteiger partial charge on any atom is -0.478 e. The number of aromatic carboxylic acids is 1. The van der Waals surface area contributed by atoms with Crippen LogP contribution in [0.3, 0.4) is 0 Å². The van der Waals surface area contributed by atoms with Gasteiger partial charge in [0.25, 0.3) is 0 Å². The highest BCUT2D eigenvalue weighted by Gasteiger charge is 2.31. The average molecular weight is 258 g/mol. The van der Waals surface area contributed by atoms with Crippen molar-refractivity contribution >= 4 is 18.9 Å². The second-order valence-electron chi connectivity index (χ2n) is 3.16. The van der Waals surface area contributed by atoms with Crippen LogP contribution in [0.15, 0.2) is 24.3 Å². The van der Waals surface area contributed by atoms with Crippen molar-refractivity contribution in [2.75, 3.05) is 13.2 Å². The predicted octanol–water partition coefficient (Wildman–Crippen LogP) is 2.28. The number of benzene rings is 1. The minimum absolute atomic E-state index is 0.0577. The van der Waals surface area contributed by atoms with Crippen molar-refractivity contribution in [2.45, 2.75) is 13.8 Å². The van der Waals surface area contributed by atoms with E-state index in [-0.39, 0.29) is 24.1 Å². The molecule has 0 amide bonds. The topological polar surface area (TPSA) is 72.8 Å². The zero-order valence-corrected chi connectivity index (χ0v) is 10.6. The molecule has 0 bridgehead atoms. The third-order valence-electron chi connectivity index (χ3n) is 2.03. The summed E-state index contributed by atoms with van der Waals surface area (Å²) in [4.78, 5) is 11.0. The summed E-state index contributed by atoms with van der Waals surface area (Å²) in [6.45, 7) is 3.72. The van der Waals surface area contributed by atoms with Crippen LogP contribution in [0.25, 0.3) is 0 Å². The lowest BCUT2D eigenvalue weighted by molar-refractivity contribution is 0.0697. The lowest BCUT2D eigenvalue weighted by Crippen LogP contribution is -2.18. The van der Waals surface area contributed by atoms with Crippen LogP contribution in [-0.2, 0) is 13.6 Å². The highest BCUT2D eigenvalue weighted by Crippen LogP contribution is 2.47. The zero-order chi connectivity index (χ0) is 12.9. The molecule has 0 heterocycles. The number of hydrogen-bond acceptors (Lipinski definition) is 4. The standard InChI is InChI=1S/C11H15O5P/c1-3-15-17(14,16-4-2)10-8-6-5-7-9(10)11(12)13/h5-8H,3-4H2,1-2H3,(H,12,13). The van der Waals surface area contributed by atoms with Gasteiger partial charge in [-0.15, -0.1) is 0 Å². The Morgan fingerprint density at radius 3 is 2.24 bits per heavy atom. The van der Waals surface area contributed by atoms with Gasteiger partial charge in [0.15, 0.2) is 0 Å². The monoisotopic (exact) mass is 258 g/mol. The first kappa shape index (κ1) is 13.9. The molecule has 6 heteroatoms. The Morgan fingerprint density at radius 2 is 1.76 bits per heavy atom. The molecule has 1 rings (SSSR count). The Balaban J connectivity index is 3.28. The number of carbonyl (C=O) groups is 1. The first-order chi connectivity index (χ1) is 8.05. The molecule has 0 aliphatic heterocycles. The summed E-state index contributed by atoms with van der Waals surface area (Å²) in [6.07, 6.45) is 0. The van der Waals surface area contributed by atoms with Crippen LogP contribution in [-0.4, -0.2) is 24.3 Å². The van der Waals surface area contributed by atoms with E-state index in [0.29, 0.717) is 0 Å². The lowest BCUT2D eigenvalue weighted by atomic mass is 10.2. The minimum atomic E-state index is -3.54. The van der Waals surface area contributed by atoms with E-state index in [2.05, 4.69) is 0 Å². The molecule has 0 spiro atoms. The van der Waals surface area contributed by atoms with Crippen molar-refractivity contribution in [3.63, 3.8) is 0 Å². The van der Waals surface area contributed by atoms with Crippen LogP contribution >= 0.6 is 7.60 Å². The van der Waals surface area contributed by atoms with Crippen LogP contribution in [0.4, 0.5) is 0 Å². The van der Waals surface area contributed by atoms with Gasteiger partial charge in [-0.25, -0.2) is 4.79 Å².